The average molecular weight is 467 g/mol. The number of fused-ring (bicyclic) bond motifs is 1. The molecule has 180 valence electrons. The molecule has 1 fully saturated rings. The van der Waals surface area contributed by atoms with Crippen molar-refractivity contribution >= 4 is 17.6 Å². The van der Waals surface area contributed by atoms with Gasteiger partial charge in [0, 0.05) is 45.4 Å². The van der Waals surface area contributed by atoms with Gasteiger partial charge in [-0.05, 0) is 53.8 Å². The third kappa shape index (κ3) is 5.34. The number of cyclic esters (lactones) is 2. The SMILES string of the molecule is COc1cc2c(cc1OC)CN(CCc1ccc(NC=C3C(=O)OC(C)(C)OC3=O)cc1)CC2. The number of rotatable bonds is 7. The van der Waals surface area contributed by atoms with E-state index in [1.165, 1.54) is 36.7 Å². The molecule has 34 heavy (non-hydrogen) atoms. The highest BCUT2D eigenvalue weighted by atomic mass is 16.7. The van der Waals surface area contributed by atoms with Crippen LogP contribution < -0.4 is 14.8 Å². The first-order valence-electron chi connectivity index (χ1n) is 11.3. The van der Waals surface area contributed by atoms with Crippen LogP contribution >= 0.6 is 0 Å². The third-order valence-corrected chi connectivity index (χ3v) is 5.97. The van der Waals surface area contributed by atoms with Crippen molar-refractivity contribution in [3.63, 3.8) is 0 Å². The number of ether oxygens (including phenoxy) is 4. The van der Waals surface area contributed by atoms with Gasteiger partial charge >= 0.3 is 11.9 Å². The number of methoxy groups -OCH3 is 2. The fraction of sp³-hybridized carbons (Fsp3) is 0.385. The molecule has 0 radical (unpaired) electrons. The third-order valence-electron chi connectivity index (χ3n) is 5.97. The molecule has 0 saturated carbocycles. The Labute approximate surface area is 199 Å². The minimum absolute atomic E-state index is 0.164. The van der Waals surface area contributed by atoms with E-state index < -0.39 is 17.7 Å². The van der Waals surface area contributed by atoms with Crippen molar-refractivity contribution in [1.29, 1.82) is 0 Å². The van der Waals surface area contributed by atoms with Gasteiger partial charge in [0.1, 0.15) is 0 Å². The van der Waals surface area contributed by atoms with Crippen molar-refractivity contribution in [2.45, 2.75) is 39.0 Å². The summed E-state index contributed by atoms with van der Waals surface area (Å²) in [4.78, 5) is 26.5. The highest BCUT2D eigenvalue weighted by molar-refractivity contribution is 6.15. The van der Waals surface area contributed by atoms with Crippen LogP contribution in [0.3, 0.4) is 0 Å². The minimum atomic E-state index is -1.25. The van der Waals surface area contributed by atoms with Gasteiger partial charge in [-0.25, -0.2) is 9.59 Å². The number of hydrogen-bond acceptors (Lipinski definition) is 8. The molecule has 4 rings (SSSR count). The van der Waals surface area contributed by atoms with Gasteiger partial charge in [-0.3, -0.25) is 4.90 Å². The van der Waals surface area contributed by atoms with Crippen LogP contribution in [0.25, 0.3) is 0 Å². The summed E-state index contributed by atoms with van der Waals surface area (Å²) in [5.74, 6) is -1.11. The van der Waals surface area contributed by atoms with Gasteiger partial charge < -0.3 is 24.3 Å². The summed E-state index contributed by atoms with van der Waals surface area (Å²) < 4.78 is 21.1. The van der Waals surface area contributed by atoms with E-state index in [-0.39, 0.29) is 5.57 Å². The summed E-state index contributed by atoms with van der Waals surface area (Å²) in [6.45, 7) is 5.85. The lowest BCUT2D eigenvalue weighted by molar-refractivity contribution is -0.222. The summed E-state index contributed by atoms with van der Waals surface area (Å²) in [7, 11) is 3.32. The molecule has 2 heterocycles. The van der Waals surface area contributed by atoms with E-state index in [9.17, 15) is 9.59 Å². The van der Waals surface area contributed by atoms with Crippen LogP contribution in [-0.2, 0) is 38.4 Å². The fourth-order valence-corrected chi connectivity index (χ4v) is 4.12. The average Bonchev–Trinajstić information content (AvgIpc) is 2.81. The van der Waals surface area contributed by atoms with Crippen LogP contribution in [0.4, 0.5) is 5.69 Å². The van der Waals surface area contributed by atoms with Gasteiger partial charge in [0.05, 0.1) is 14.2 Å². The van der Waals surface area contributed by atoms with Crippen molar-refractivity contribution in [3.8, 4) is 11.5 Å². The van der Waals surface area contributed by atoms with Crippen molar-refractivity contribution < 1.29 is 28.5 Å². The molecular formula is C26H30N2O6. The number of carbonyl (C=O) groups excluding carboxylic acids is 2. The van der Waals surface area contributed by atoms with E-state index in [1.807, 2.05) is 24.3 Å². The number of nitrogens with zero attached hydrogens (tertiary/aromatic N) is 1. The zero-order valence-corrected chi connectivity index (χ0v) is 20.0. The Hall–Kier alpha value is -3.52. The lowest BCUT2D eigenvalue weighted by Gasteiger charge is -2.29. The molecule has 2 aliphatic rings. The lowest BCUT2D eigenvalue weighted by Crippen LogP contribution is -2.42. The zero-order valence-electron chi connectivity index (χ0n) is 20.0. The summed E-state index contributed by atoms with van der Waals surface area (Å²) >= 11 is 0. The number of esters is 2. The maximum absolute atomic E-state index is 12.0. The quantitative estimate of drug-likeness (QED) is 0.377. The lowest BCUT2D eigenvalue weighted by atomic mass is 9.98. The van der Waals surface area contributed by atoms with Gasteiger partial charge in [0.15, 0.2) is 17.1 Å². The maximum atomic E-state index is 12.0. The number of benzene rings is 2. The maximum Gasteiger partial charge on any atom is 0.350 e. The highest BCUT2D eigenvalue weighted by Crippen LogP contribution is 2.33. The van der Waals surface area contributed by atoms with Crippen molar-refractivity contribution in [2.24, 2.45) is 0 Å². The van der Waals surface area contributed by atoms with E-state index in [1.54, 1.807) is 14.2 Å². The molecule has 1 N–H and O–H groups in total. The summed E-state index contributed by atoms with van der Waals surface area (Å²) in [6.07, 6.45) is 3.22. The molecule has 0 bridgehead atoms. The molecule has 8 heteroatoms. The van der Waals surface area contributed by atoms with Crippen LogP contribution in [0.2, 0.25) is 0 Å². The predicted octanol–water partition coefficient (Wildman–Crippen LogP) is 3.44. The summed E-state index contributed by atoms with van der Waals surface area (Å²) in [6, 6.07) is 12.1. The van der Waals surface area contributed by atoms with E-state index in [2.05, 4.69) is 22.3 Å². The van der Waals surface area contributed by atoms with Crippen molar-refractivity contribution in [2.75, 3.05) is 32.6 Å². The fourth-order valence-electron chi connectivity index (χ4n) is 4.12. The molecule has 2 aromatic carbocycles. The van der Waals surface area contributed by atoms with Gasteiger partial charge in [-0.15, -0.1) is 0 Å². The monoisotopic (exact) mass is 466 g/mol. The summed E-state index contributed by atoms with van der Waals surface area (Å²) in [5.41, 5.74) is 4.39. The predicted molar refractivity (Wildman–Crippen MR) is 127 cm³/mol. The smallest absolute Gasteiger partial charge is 0.350 e. The van der Waals surface area contributed by atoms with E-state index in [0.29, 0.717) is 0 Å². The van der Waals surface area contributed by atoms with Crippen LogP contribution in [-0.4, -0.2) is 49.9 Å². The Balaban J connectivity index is 1.32. The standard InChI is InChI=1S/C26H30N2O6/c1-26(2)33-24(29)21(25(30)34-26)15-27-20-7-5-17(6-8-20)9-11-28-12-10-18-13-22(31-3)23(32-4)14-19(18)16-28/h5-8,13-15,27H,9-12,16H2,1-4H3. The molecule has 0 atom stereocenters. The Morgan fingerprint density at radius 3 is 2.24 bits per heavy atom. The zero-order chi connectivity index (χ0) is 24.3. The van der Waals surface area contributed by atoms with Crippen molar-refractivity contribution in [3.05, 3.63) is 64.9 Å². The Morgan fingerprint density at radius 2 is 1.62 bits per heavy atom. The molecular weight excluding hydrogens is 436 g/mol. The van der Waals surface area contributed by atoms with Gasteiger partial charge in [-0.1, -0.05) is 12.1 Å². The summed E-state index contributed by atoms with van der Waals surface area (Å²) in [5, 5.41) is 2.97. The molecule has 0 unspecified atom stereocenters. The van der Waals surface area contributed by atoms with E-state index in [0.717, 1.165) is 49.7 Å². The molecule has 0 aromatic heterocycles. The Kier molecular flexibility index (Phi) is 6.79. The van der Waals surface area contributed by atoms with E-state index in [4.69, 9.17) is 18.9 Å². The van der Waals surface area contributed by atoms with Gasteiger partial charge in [0.25, 0.3) is 5.79 Å². The van der Waals surface area contributed by atoms with E-state index >= 15 is 0 Å². The molecule has 2 aromatic rings. The first-order valence-corrected chi connectivity index (χ1v) is 11.3. The second-order valence-electron chi connectivity index (χ2n) is 8.83. The molecule has 1 saturated heterocycles. The minimum Gasteiger partial charge on any atom is -0.493 e. The highest BCUT2D eigenvalue weighted by Gasteiger charge is 2.38. The Morgan fingerprint density at radius 1 is 1.00 bits per heavy atom. The topological polar surface area (TPSA) is 86.3 Å². The second kappa shape index (κ2) is 9.77. The van der Waals surface area contributed by atoms with Crippen LogP contribution in [0.5, 0.6) is 11.5 Å². The van der Waals surface area contributed by atoms with Crippen LogP contribution in [0.1, 0.15) is 30.5 Å². The number of hydrogen-bond donors (Lipinski definition) is 1. The molecule has 0 amide bonds. The van der Waals surface area contributed by atoms with Crippen LogP contribution in [0.15, 0.2) is 48.2 Å². The number of anilines is 1. The number of carbonyl (C=O) groups is 2. The largest absolute Gasteiger partial charge is 0.493 e. The molecule has 0 spiro atoms. The first-order chi connectivity index (χ1) is 16.3. The van der Waals surface area contributed by atoms with Gasteiger partial charge in [-0.2, -0.15) is 0 Å². The Bertz CT molecular complexity index is 1090. The molecule has 8 nitrogen and oxygen atoms in total. The number of nitrogens with one attached hydrogen (secondary N) is 1. The molecule has 0 aliphatic carbocycles. The first kappa shape index (κ1) is 23.6. The van der Waals surface area contributed by atoms with Crippen molar-refractivity contribution in [1.82, 2.24) is 4.90 Å². The van der Waals surface area contributed by atoms with Crippen LogP contribution in [0, 0.1) is 0 Å². The normalized spacial score (nSPS) is 17.4. The second-order valence-corrected chi connectivity index (χ2v) is 8.83. The van der Waals surface area contributed by atoms with Gasteiger partial charge in [0.2, 0.25) is 0 Å². The molecule has 2 aliphatic heterocycles.